The van der Waals surface area contributed by atoms with E-state index in [0.717, 1.165) is 5.56 Å². The van der Waals surface area contributed by atoms with Crippen molar-refractivity contribution in [3.8, 4) is 11.5 Å². The number of rotatable bonds is 14. The van der Waals surface area contributed by atoms with Gasteiger partial charge < -0.3 is 39.4 Å². The van der Waals surface area contributed by atoms with Crippen LogP contribution in [0, 0.1) is 11.3 Å². The average Bonchev–Trinajstić information content (AvgIpc) is 3.79. The monoisotopic (exact) mass is 690 g/mol. The Morgan fingerprint density at radius 2 is 1.79 bits per heavy atom. The molecule has 2 saturated heterocycles. The van der Waals surface area contributed by atoms with Crippen molar-refractivity contribution < 1.29 is 47.2 Å². The summed E-state index contributed by atoms with van der Waals surface area (Å²) >= 11 is 0. The maximum Gasteiger partial charge on any atom is 0.407 e. The molecule has 3 aliphatic rings. The van der Waals surface area contributed by atoms with Crippen molar-refractivity contribution in [3.63, 3.8) is 0 Å². The van der Waals surface area contributed by atoms with Crippen molar-refractivity contribution in [2.45, 2.75) is 62.5 Å². The second-order valence-corrected chi connectivity index (χ2v) is 15.4. The molecular weight excluding hydrogens is 644 g/mol. The van der Waals surface area contributed by atoms with Gasteiger partial charge in [0.05, 0.1) is 36.3 Å². The van der Waals surface area contributed by atoms with Crippen LogP contribution in [0.2, 0.25) is 0 Å². The predicted octanol–water partition coefficient (Wildman–Crippen LogP) is 2.81. The van der Waals surface area contributed by atoms with Gasteiger partial charge in [-0.15, -0.1) is 0 Å². The van der Waals surface area contributed by atoms with Crippen LogP contribution in [0.3, 0.4) is 0 Å². The number of ether oxygens (including phenoxy) is 4. The molecule has 0 radical (unpaired) electrons. The second kappa shape index (κ2) is 14.9. The molecule has 15 heteroatoms. The number of carbonyl (C=O) groups is 2. The van der Waals surface area contributed by atoms with Gasteiger partial charge in [0, 0.05) is 45.7 Å². The summed E-state index contributed by atoms with van der Waals surface area (Å²) < 4.78 is 52.3. The quantitative estimate of drug-likeness (QED) is 0.268. The van der Waals surface area contributed by atoms with Gasteiger partial charge in [-0.25, -0.2) is 18.0 Å². The van der Waals surface area contributed by atoms with Gasteiger partial charge in [0.2, 0.25) is 16.8 Å². The van der Waals surface area contributed by atoms with Crippen LogP contribution in [0.5, 0.6) is 11.5 Å². The summed E-state index contributed by atoms with van der Waals surface area (Å²) in [7, 11) is -0.999. The lowest BCUT2D eigenvalue weighted by Crippen LogP contribution is -2.58. The summed E-state index contributed by atoms with van der Waals surface area (Å²) in [5.74, 6) is 0.498. The summed E-state index contributed by atoms with van der Waals surface area (Å²) in [6.45, 7) is 4.13. The lowest BCUT2D eigenvalue weighted by Gasteiger charge is -2.40. The van der Waals surface area contributed by atoms with E-state index in [1.807, 2.05) is 44.2 Å². The van der Waals surface area contributed by atoms with E-state index >= 15 is 0 Å². The number of benzene rings is 2. The molecule has 0 aliphatic carbocycles. The molecule has 264 valence electrons. The topological polar surface area (TPSA) is 167 Å². The number of carboxylic acid groups (broad SMARTS) is 1. The molecule has 3 aliphatic heterocycles. The second-order valence-electron chi connectivity index (χ2n) is 13.5. The molecule has 5 atom stereocenters. The van der Waals surface area contributed by atoms with Crippen molar-refractivity contribution in [1.82, 2.24) is 19.4 Å². The molecule has 0 bridgehead atoms. The first-order valence-electron chi connectivity index (χ1n) is 16.1. The molecule has 2 fully saturated rings. The number of amides is 3. The summed E-state index contributed by atoms with van der Waals surface area (Å²) in [4.78, 5) is 27.7. The largest absolute Gasteiger partial charge is 0.465 e. The van der Waals surface area contributed by atoms with Gasteiger partial charge >= 0.3 is 12.1 Å². The summed E-state index contributed by atoms with van der Waals surface area (Å²) in [5.41, 5.74) is 0.116. The number of sulfonamides is 1. The molecule has 2 aromatic rings. The van der Waals surface area contributed by atoms with E-state index in [2.05, 4.69) is 5.32 Å². The standard InChI is InChI=1S/C33H46N4O10S/c1-33(2,13-14-34-31(39)35(3)4)20-36(48(42,43)23-10-11-28-29(17-23)47-21-46-28)18-27(38)25(16-22-8-6-5-7-9-22)37(32(40)41)26-19-45-30-24(26)12-15-44-30/h5-11,17,24-27,30,38H,12-16,18-21H2,1-4H3,(H,34,39)(H,40,41)/t24-,25-,26-,27+,30+/m0/s1. The third-order valence-electron chi connectivity index (χ3n) is 9.14. The third-order valence-corrected chi connectivity index (χ3v) is 10.9. The van der Waals surface area contributed by atoms with Crippen LogP contribution in [0.4, 0.5) is 9.59 Å². The van der Waals surface area contributed by atoms with E-state index in [1.54, 1.807) is 14.1 Å². The third kappa shape index (κ3) is 8.14. The van der Waals surface area contributed by atoms with Gasteiger partial charge in [-0.05, 0) is 42.4 Å². The van der Waals surface area contributed by atoms with E-state index < -0.39 is 52.6 Å². The highest BCUT2D eigenvalue weighted by molar-refractivity contribution is 7.89. The zero-order valence-corrected chi connectivity index (χ0v) is 28.6. The minimum Gasteiger partial charge on any atom is -0.465 e. The van der Waals surface area contributed by atoms with E-state index in [4.69, 9.17) is 18.9 Å². The molecule has 3 heterocycles. The first kappa shape index (κ1) is 35.7. The van der Waals surface area contributed by atoms with E-state index in [-0.39, 0.29) is 49.0 Å². The van der Waals surface area contributed by atoms with Crippen LogP contribution in [0.1, 0.15) is 32.3 Å². The number of carbonyl (C=O) groups excluding carboxylic acids is 1. The van der Waals surface area contributed by atoms with Crippen LogP contribution >= 0.6 is 0 Å². The zero-order chi connectivity index (χ0) is 34.6. The van der Waals surface area contributed by atoms with Gasteiger partial charge in [0.25, 0.3) is 0 Å². The van der Waals surface area contributed by atoms with E-state index in [0.29, 0.717) is 31.7 Å². The minimum absolute atomic E-state index is 0.0308. The highest BCUT2D eigenvalue weighted by atomic mass is 32.2. The Morgan fingerprint density at radius 1 is 1.06 bits per heavy atom. The van der Waals surface area contributed by atoms with Gasteiger partial charge in [-0.1, -0.05) is 44.2 Å². The molecule has 2 aromatic carbocycles. The Morgan fingerprint density at radius 3 is 2.50 bits per heavy atom. The summed E-state index contributed by atoms with van der Waals surface area (Å²) in [6.07, 6.45) is -2.03. The highest BCUT2D eigenvalue weighted by Crippen LogP contribution is 2.38. The molecule has 0 unspecified atom stereocenters. The van der Waals surface area contributed by atoms with E-state index in [9.17, 15) is 28.2 Å². The lowest BCUT2D eigenvalue weighted by atomic mass is 9.89. The molecule has 48 heavy (non-hydrogen) atoms. The molecule has 3 N–H and O–H groups in total. The van der Waals surface area contributed by atoms with Crippen LogP contribution in [0.15, 0.2) is 53.4 Å². The maximum absolute atomic E-state index is 14.4. The molecule has 14 nitrogen and oxygen atoms in total. The number of aliphatic hydroxyl groups is 1. The number of nitrogens with zero attached hydrogens (tertiary/aromatic N) is 3. The van der Waals surface area contributed by atoms with Crippen molar-refractivity contribution in [1.29, 1.82) is 0 Å². The fourth-order valence-electron chi connectivity index (χ4n) is 6.52. The maximum atomic E-state index is 14.4. The molecule has 0 saturated carbocycles. The molecule has 0 spiro atoms. The first-order valence-corrected chi connectivity index (χ1v) is 17.5. The Labute approximate surface area is 281 Å². The van der Waals surface area contributed by atoms with Gasteiger partial charge in [-0.3, -0.25) is 4.90 Å². The van der Waals surface area contributed by atoms with Gasteiger partial charge in [0.1, 0.15) is 0 Å². The summed E-state index contributed by atoms with van der Waals surface area (Å²) in [5, 5.41) is 25.5. The zero-order valence-electron chi connectivity index (χ0n) is 27.8. The normalized spacial score (nSPS) is 21.5. The predicted molar refractivity (Wildman–Crippen MR) is 174 cm³/mol. The van der Waals surface area contributed by atoms with Crippen molar-refractivity contribution in [2.24, 2.45) is 11.3 Å². The number of hydrogen-bond donors (Lipinski definition) is 3. The van der Waals surface area contributed by atoms with Crippen molar-refractivity contribution in [2.75, 3.05) is 53.7 Å². The SMILES string of the molecule is CN(C)C(=O)NCCC(C)(C)CN(C[C@@H](O)[C@H](Cc1ccccc1)N(C(=O)O)[C@H]1CO[C@H]2OCC[C@H]21)S(=O)(=O)c1ccc2c(c1)OCO2. The van der Waals surface area contributed by atoms with E-state index in [1.165, 1.54) is 32.3 Å². The minimum atomic E-state index is -4.26. The van der Waals surface area contributed by atoms with Crippen LogP contribution in [-0.2, 0) is 25.9 Å². The Balaban J connectivity index is 1.47. The number of fused-ring (bicyclic) bond motifs is 2. The number of aliphatic hydroxyl groups excluding tert-OH is 1. The fraction of sp³-hybridized carbons (Fsp3) is 0.576. The van der Waals surface area contributed by atoms with Gasteiger partial charge in [-0.2, -0.15) is 4.31 Å². The Kier molecular flexibility index (Phi) is 11.0. The Hall–Kier alpha value is -3.63. The van der Waals surface area contributed by atoms with Gasteiger partial charge in [0.15, 0.2) is 17.8 Å². The lowest BCUT2D eigenvalue weighted by molar-refractivity contribution is -0.0906. The molecule has 5 rings (SSSR count). The number of urea groups is 1. The number of hydrogen-bond acceptors (Lipinski definition) is 9. The highest BCUT2D eigenvalue weighted by Gasteiger charge is 2.49. The van der Waals surface area contributed by atoms with Crippen molar-refractivity contribution in [3.05, 3.63) is 54.1 Å². The smallest absolute Gasteiger partial charge is 0.407 e. The Bertz CT molecular complexity index is 1540. The van der Waals surface area contributed by atoms with Crippen LogP contribution in [0.25, 0.3) is 0 Å². The van der Waals surface area contributed by atoms with Crippen LogP contribution < -0.4 is 14.8 Å². The summed E-state index contributed by atoms with van der Waals surface area (Å²) in [6, 6.07) is 11.7. The molecule has 0 aromatic heterocycles. The molecule has 3 amide bonds. The van der Waals surface area contributed by atoms with Crippen molar-refractivity contribution >= 4 is 22.1 Å². The number of nitrogens with one attached hydrogen (secondary N) is 1. The molecular formula is C33H46N4O10S. The average molecular weight is 691 g/mol. The first-order chi connectivity index (χ1) is 22.8. The fourth-order valence-corrected chi connectivity index (χ4v) is 8.18. The van der Waals surface area contributed by atoms with Crippen LogP contribution in [-0.4, -0.2) is 123 Å².